The standard InChI is InChI=1S/C21H22N4O3/c1-13-11-20(23-16-7-5-15(6-8-16)14(2)26)25-21(22-13)24-18-12-17(27-3)9-10-19(18)28-4/h5-12H,1-4H3,(H2,22,23,24,25). The Kier molecular flexibility index (Phi) is 5.74. The topological polar surface area (TPSA) is 85.4 Å². The fraction of sp³-hybridized carbons (Fsp3) is 0.190. The number of hydrogen-bond acceptors (Lipinski definition) is 7. The van der Waals surface area contributed by atoms with E-state index in [1.54, 1.807) is 33.3 Å². The van der Waals surface area contributed by atoms with E-state index in [1.165, 1.54) is 0 Å². The first kappa shape index (κ1) is 19.2. The van der Waals surface area contributed by atoms with Crippen LogP contribution in [0.15, 0.2) is 48.5 Å². The molecule has 0 aliphatic carbocycles. The van der Waals surface area contributed by atoms with Crippen molar-refractivity contribution in [2.24, 2.45) is 0 Å². The van der Waals surface area contributed by atoms with Gasteiger partial charge in [0.05, 0.1) is 19.9 Å². The zero-order valence-corrected chi connectivity index (χ0v) is 16.2. The molecule has 7 heteroatoms. The van der Waals surface area contributed by atoms with Crippen LogP contribution in [0.2, 0.25) is 0 Å². The maximum atomic E-state index is 11.4. The molecular weight excluding hydrogens is 356 g/mol. The van der Waals surface area contributed by atoms with Crippen LogP contribution >= 0.6 is 0 Å². The van der Waals surface area contributed by atoms with Gasteiger partial charge in [-0.05, 0) is 50.2 Å². The SMILES string of the molecule is COc1ccc(OC)c(Nc2nc(C)cc(Nc3ccc(C(C)=O)cc3)n2)c1. The molecule has 0 spiro atoms. The summed E-state index contributed by atoms with van der Waals surface area (Å²) >= 11 is 0. The molecule has 0 amide bonds. The Labute approximate surface area is 163 Å². The molecule has 0 radical (unpaired) electrons. The minimum absolute atomic E-state index is 0.0307. The second-order valence-electron chi connectivity index (χ2n) is 6.17. The number of benzene rings is 2. The van der Waals surface area contributed by atoms with Crippen molar-refractivity contribution in [1.82, 2.24) is 9.97 Å². The van der Waals surface area contributed by atoms with Crippen molar-refractivity contribution in [2.75, 3.05) is 24.9 Å². The Morgan fingerprint density at radius 1 is 0.929 bits per heavy atom. The Morgan fingerprint density at radius 3 is 2.32 bits per heavy atom. The largest absolute Gasteiger partial charge is 0.497 e. The van der Waals surface area contributed by atoms with Gasteiger partial charge in [-0.25, -0.2) is 4.98 Å². The van der Waals surface area contributed by atoms with Crippen molar-refractivity contribution >= 4 is 28.9 Å². The van der Waals surface area contributed by atoms with Gasteiger partial charge in [-0.1, -0.05) is 0 Å². The lowest BCUT2D eigenvalue weighted by atomic mass is 10.1. The predicted molar refractivity (Wildman–Crippen MR) is 109 cm³/mol. The first-order valence-electron chi connectivity index (χ1n) is 8.71. The van der Waals surface area contributed by atoms with E-state index in [0.717, 1.165) is 11.4 Å². The first-order valence-corrected chi connectivity index (χ1v) is 8.71. The number of hydrogen-bond donors (Lipinski definition) is 2. The molecule has 0 aliphatic rings. The number of anilines is 4. The number of nitrogens with zero attached hydrogens (tertiary/aromatic N) is 2. The summed E-state index contributed by atoms with van der Waals surface area (Å²) < 4.78 is 10.7. The van der Waals surface area contributed by atoms with Crippen LogP contribution in [0, 0.1) is 6.92 Å². The molecule has 1 aromatic heterocycles. The van der Waals surface area contributed by atoms with Crippen LogP contribution in [-0.2, 0) is 0 Å². The van der Waals surface area contributed by atoms with E-state index in [0.29, 0.717) is 34.5 Å². The van der Waals surface area contributed by atoms with Gasteiger partial charge in [0, 0.05) is 29.1 Å². The second kappa shape index (κ2) is 8.39. The van der Waals surface area contributed by atoms with E-state index in [1.807, 2.05) is 43.3 Å². The van der Waals surface area contributed by atoms with Crippen molar-refractivity contribution in [2.45, 2.75) is 13.8 Å². The highest BCUT2D eigenvalue weighted by Gasteiger charge is 2.09. The molecule has 3 aromatic rings. The number of ketones is 1. The number of ether oxygens (including phenoxy) is 2. The van der Waals surface area contributed by atoms with Crippen LogP contribution in [0.25, 0.3) is 0 Å². The monoisotopic (exact) mass is 378 g/mol. The fourth-order valence-electron chi connectivity index (χ4n) is 2.66. The van der Waals surface area contributed by atoms with Gasteiger partial charge in [-0.3, -0.25) is 4.79 Å². The van der Waals surface area contributed by atoms with Gasteiger partial charge in [0.2, 0.25) is 5.95 Å². The molecule has 7 nitrogen and oxygen atoms in total. The fourth-order valence-corrected chi connectivity index (χ4v) is 2.66. The number of carbonyl (C=O) groups is 1. The number of aromatic nitrogens is 2. The van der Waals surface area contributed by atoms with Crippen LogP contribution in [0.1, 0.15) is 23.0 Å². The number of carbonyl (C=O) groups excluding carboxylic acids is 1. The summed E-state index contributed by atoms with van der Waals surface area (Å²) in [5, 5.41) is 6.41. The molecule has 0 saturated carbocycles. The van der Waals surface area contributed by atoms with Crippen molar-refractivity contribution in [3.63, 3.8) is 0 Å². The van der Waals surface area contributed by atoms with Gasteiger partial charge >= 0.3 is 0 Å². The van der Waals surface area contributed by atoms with E-state index in [2.05, 4.69) is 20.6 Å². The lowest BCUT2D eigenvalue weighted by Crippen LogP contribution is -2.04. The van der Waals surface area contributed by atoms with Gasteiger partial charge in [-0.15, -0.1) is 0 Å². The number of aryl methyl sites for hydroxylation is 1. The summed E-state index contributed by atoms with van der Waals surface area (Å²) in [6.45, 7) is 3.43. The molecule has 1 heterocycles. The van der Waals surface area contributed by atoms with E-state index in [4.69, 9.17) is 9.47 Å². The highest BCUT2D eigenvalue weighted by Crippen LogP contribution is 2.31. The van der Waals surface area contributed by atoms with Gasteiger partial charge < -0.3 is 20.1 Å². The molecule has 144 valence electrons. The average molecular weight is 378 g/mol. The number of nitrogens with one attached hydrogen (secondary N) is 2. The van der Waals surface area contributed by atoms with Crippen LogP contribution < -0.4 is 20.1 Å². The molecule has 2 N–H and O–H groups in total. The van der Waals surface area contributed by atoms with E-state index < -0.39 is 0 Å². The molecule has 2 aromatic carbocycles. The summed E-state index contributed by atoms with van der Waals surface area (Å²) in [5.41, 5.74) is 2.98. The predicted octanol–water partition coefficient (Wildman–Crippen LogP) is 4.49. The van der Waals surface area contributed by atoms with Gasteiger partial charge in [0.1, 0.15) is 17.3 Å². The third kappa shape index (κ3) is 4.56. The van der Waals surface area contributed by atoms with E-state index in [9.17, 15) is 4.79 Å². The van der Waals surface area contributed by atoms with E-state index >= 15 is 0 Å². The molecule has 0 saturated heterocycles. The smallest absolute Gasteiger partial charge is 0.229 e. The van der Waals surface area contributed by atoms with Crippen molar-refractivity contribution < 1.29 is 14.3 Å². The van der Waals surface area contributed by atoms with Gasteiger partial charge in [0.25, 0.3) is 0 Å². The number of methoxy groups -OCH3 is 2. The second-order valence-corrected chi connectivity index (χ2v) is 6.17. The summed E-state index contributed by atoms with van der Waals surface area (Å²) in [6.07, 6.45) is 0. The van der Waals surface area contributed by atoms with Crippen molar-refractivity contribution in [1.29, 1.82) is 0 Å². The zero-order chi connectivity index (χ0) is 20.1. The Hall–Kier alpha value is -3.61. The number of rotatable bonds is 7. The Balaban J connectivity index is 1.84. The summed E-state index contributed by atoms with van der Waals surface area (Å²) in [6, 6.07) is 14.5. The maximum Gasteiger partial charge on any atom is 0.229 e. The Bertz CT molecular complexity index is 987. The highest BCUT2D eigenvalue weighted by atomic mass is 16.5. The summed E-state index contributed by atoms with van der Waals surface area (Å²) in [4.78, 5) is 20.4. The van der Waals surface area contributed by atoms with Crippen LogP contribution in [-0.4, -0.2) is 30.0 Å². The number of Topliss-reactive ketones (excluding diaryl/α,β-unsaturated/α-hetero) is 1. The van der Waals surface area contributed by atoms with Crippen molar-refractivity contribution in [3.8, 4) is 11.5 Å². The lowest BCUT2D eigenvalue weighted by molar-refractivity contribution is 0.101. The average Bonchev–Trinajstić information content (AvgIpc) is 2.68. The molecular formula is C21H22N4O3. The lowest BCUT2D eigenvalue weighted by Gasteiger charge is -2.13. The van der Waals surface area contributed by atoms with Crippen LogP contribution in [0.3, 0.4) is 0 Å². The van der Waals surface area contributed by atoms with Crippen molar-refractivity contribution in [3.05, 3.63) is 59.8 Å². The van der Waals surface area contributed by atoms with Gasteiger partial charge in [0.15, 0.2) is 5.78 Å². The van der Waals surface area contributed by atoms with E-state index in [-0.39, 0.29) is 5.78 Å². The maximum absolute atomic E-state index is 11.4. The Morgan fingerprint density at radius 2 is 1.68 bits per heavy atom. The third-order valence-corrected chi connectivity index (χ3v) is 4.07. The van der Waals surface area contributed by atoms with Gasteiger partial charge in [-0.2, -0.15) is 4.98 Å². The minimum Gasteiger partial charge on any atom is -0.497 e. The first-order chi connectivity index (χ1) is 13.5. The quantitative estimate of drug-likeness (QED) is 0.586. The molecule has 0 fully saturated rings. The molecule has 0 unspecified atom stereocenters. The summed E-state index contributed by atoms with van der Waals surface area (Å²) in [7, 11) is 3.20. The molecule has 0 aliphatic heterocycles. The third-order valence-electron chi connectivity index (χ3n) is 4.07. The normalized spacial score (nSPS) is 10.3. The zero-order valence-electron chi connectivity index (χ0n) is 16.2. The van der Waals surface area contributed by atoms with Crippen LogP contribution in [0.5, 0.6) is 11.5 Å². The molecule has 0 atom stereocenters. The van der Waals surface area contributed by atoms with Crippen LogP contribution in [0.4, 0.5) is 23.1 Å². The highest BCUT2D eigenvalue weighted by molar-refractivity contribution is 5.94. The molecule has 28 heavy (non-hydrogen) atoms. The molecule has 0 bridgehead atoms. The molecule has 3 rings (SSSR count). The summed E-state index contributed by atoms with van der Waals surface area (Å²) in [5.74, 6) is 2.44. The minimum atomic E-state index is 0.0307.